The van der Waals surface area contributed by atoms with Crippen LogP contribution in [-0.4, -0.2) is 67.4 Å². The van der Waals surface area contributed by atoms with E-state index in [2.05, 4.69) is 15.0 Å². The van der Waals surface area contributed by atoms with Crippen LogP contribution in [0.5, 0.6) is 11.5 Å². The molecule has 2 heterocycles. The SMILES string of the molecule is COc1ccc(-c2noc(-c3ccc(N4CCN(C)CC4)c([N+](=O)[O-])c3)n2)cc1OC.Cl. The van der Waals surface area contributed by atoms with E-state index in [1.54, 1.807) is 44.6 Å². The van der Waals surface area contributed by atoms with E-state index in [0.717, 1.165) is 26.2 Å². The molecule has 0 N–H and O–H groups in total. The maximum atomic E-state index is 11.7. The van der Waals surface area contributed by atoms with E-state index in [4.69, 9.17) is 14.0 Å². The van der Waals surface area contributed by atoms with Crippen molar-refractivity contribution in [3.63, 3.8) is 0 Å². The molecule has 10 nitrogen and oxygen atoms in total. The second kappa shape index (κ2) is 9.84. The zero-order chi connectivity index (χ0) is 22.0. The number of nitro benzene ring substituents is 1. The van der Waals surface area contributed by atoms with Crippen LogP contribution in [0, 0.1) is 10.1 Å². The average Bonchev–Trinajstić information content (AvgIpc) is 3.29. The summed E-state index contributed by atoms with van der Waals surface area (Å²) in [5, 5.41) is 15.8. The van der Waals surface area contributed by atoms with Crippen molar-refractivity contribution in [2.75, 3.05) is 52.3 Å². The molecule has 0 unspecified atom stereocenters. The minimum atomic E-state index is -0.372. The number of ether oxygens (including phenoxy) is 2. The van der Waals surface area contributed by atoms with Crippen molar-refractivity contribution in [2.24, 2.45) is 0 Å². The topological polar surface area (TPSA) is 107 Å². The van der Waals surface area contributed by atoms with Crippen molar-refractivity contribution in [3.05, 3.63) is 46.5 Å². The summed E-state index contributed by atoms with van der Waals surface area (Å²) in [5.41, 5.74) is 1.79. The van der Waals surface area contributed by atoms with Gasteiger partial charge in [0.1, 0.15) is 5.69 Å². The Balaban J connectivity index is 0.00000289. The molecule has 3 aromatic rings. The second-order valence-corrected chi connectivity index (χ2v) is 7.24. The first-order valence-electron chi connectivity index (χ1n) is 9.78. The molecule has 1 aliphatic rings. The summed E-state index contributed by atoms with van der Waals surface area (Å²) < 4.78 is 16.0. The summed E-state index contributed by atoms with van der Waals surface area (Å²) in [7, 11) is 5.15. The van der Waals surface area contributed by atoms with Crippen LogP contribution in [0.2, 0.25) is 0 Å². The van der Waals surface area contributed by atoms with Gasteiger partial charge in [-0.05, 0) is 37.4 Å². The lowest BCUT2D eigenvalue weighted by Gasteiger charge is -2.33. The number of methoxy groups -OCH3 is 2. The molecule has 0 aliphatic carbocycles. The van der Waals surface area contributed by atoms with Crippen LogP contribution in [0.15, 0.2) is 40.9 Å². The summed E-state index contributed by atoms with van der Waals surface area (Å²) in [6.07, 6.45) is 0. The quantitative estimate of drug-likeness (QED) is 0.402. The summed E-state index contributed by atoms with van der Waals surface area (Å²) in [6.45, 7) is 3.19. The Hall–Kier alpha value is -3.37. The molecule has 0 bridgehead atoms. The summed E-state index contributed by atoms with van der Waals surface area (Å²) in [6, 6.07) is 10.3. The molecule has 0 radical (unpaired) electrons. The fraction of sp³-hybridized carbons (Fsp3) is 0.333. The standard InChI is InChI=1S/C21H23N5O5.ClH/c1-24-8-10-25(11-9-24)16-6-4-15(12-17(16)26(27)28)21-22-20(23-31-21)14-5-7-18(29-2)19(13-14)30-3;/h4-7,12-13H,8-11H2,1-3H3;1H. The minimum absolute atomic E-state index is 0. The molecular formula is C21H24ClN5O5. The first-order chi connectivity index (χ1) is 15.0. The highest BCUT2D eigenvalue weighted by Gasteiger charge is 2.24. The first kappa shape index (κ1) is 23.3. The van der Waals surface area contributed by atoms with E-state index < -0.39 is 0 Å². The van der Waals surface area contributed by atoms with Gasteiger partial charge in [0.25, 0.3) is 11.6 Å². The maximum Gasteiger partial charge on any atom is 0.293 e. The predicted molar refractivity (Wildman–Crippen MR) is 122 cm³/mol. The molecule has 2 aromatic carbocycles. The predicted octanol–water partition coefficient (Wildman–Crippen LogP) is 3.50. The first-order valence-corrected chi connectivity index (χ1v) is 9.78. The van der Waals surface area contributed by atoms with Crippen molar-refractivity contribution < 1.29 is 18.9 Å². The third-order valence-electron chi connectivity index (χ3n) is 5.33. The molecule has 0 atom stereocenters. The summed E-state index contributed by atoms with van der Waals surface area (Å²) in [5.74, 6) is 1.68. The van der Waals surface area contributed by atoms with Crippen LogP contribution in [-0.2, 0) is 0 Å². The Labute approximate surface area is 191 Å². The lowest BCUT2D eigenvalue weighted by Crippen LogP contribution is -2.44. The highest BCUT2D eigenvalue weighted by molar-refractivity contribution is 5.85. The van der Waals surface area contributed by atoms with E-state index in [-0.39, 0.29) is 28.9 Å². The molecule has 0 spiro atoms. The van der Waals surface area contributed by atoms with Gasteiger partial charge >= 0.3 is 0 Å². The number of nitrogens with zero attached hydrogens (tertiary/aromatic N) is 5. The lowest BCUT2D eigenvalue weighted by molar-refractivity contribution is -0.384. The van der Waals surface area contributed by atoms with Crippen LogP contribution < -0.4 is 14.4 Å². The summed E-state index contributed by atoms with van der Waals surface area (Å²) in [4.78, 5) is 20.0. The number of anilines is 1. The Morgan fingerprint density at radius 3 is 2.34 bits per heavy atom. The van der Waals surface area contributed by atoms with Crippen LogP contribution in [0.3, 0.4) is 0 Å². The fourth-order valence-corrected chi connectivity index (χ4v) is 3.55. The number of hydrogen-bond acceptors (Lipinski definition) is 9. The van der Waals surface area contributed by atoms with Gasteiger partial charge in [-0.2, -0.15) is 4.98 Å². The van der Waals surface area contributed by atoms with Gasteiger partial charge in [0.2, 0.25) is 5.82 Å². The van der Waals surface area contributed by atoms with Gasteiger partial charge in [-0.1, -0.05) is 5.16 Å². The zero-order valence-corrected chi connectivity index (χ0v) is 18.8. The maximum absolute atomic E-state index is 11.7. The van der Waals surface area contributed by atoms with Gasteiger partial charge in [0.05, 0.1) is 19.1 Å². The Morgan fingerprint density at radius 1 is 1.00 bits per heavy atom. The Morgan fingerprint density at radius 2 is 1.69 bits per heavy atom. The average molecular weight is 462 g/mol. The highest BCUT2D eigenvalue weighted by atomic mass is 35.5. The number of benzene rings is 2. The van der Waals surface area contributed by atoms with Gasteiger partial charge in [-0.3, -0.25) is 10.1 Å². The van der Waals surface area contributed by atoms with Crippen LogP contribution >= 0.6 is 12.4 Å². The lowest BCUT2D eigenvalue weighted by atomic mass is 10.1. The minimum Gasteiger partial charge on any atom is -0.493 e. The molecule has 4 rings (SSSR count). The largest absolute Gasteiger partial charge is 0.493 e. The molecule has 1 aromatic heterocycles. The molecule has 11 heteroatoms. The van der Waals surface area contributed by atoms with E-state index in [9.17, 15) is 10.1 Å². The van der Waals surface area contributed by atoms with E-state index in [1.165, 1.54) is 6.07 Å². The number of nitro groups is 1. The smallest absolute Gasteiger partial charge is 0.293 e. The van der Waals surface area contributed by atoms with E-state index >= 15 is 0 Å². The third-order valence-corrected chi connectivity index (χ3v) is 5.33. The van der Waals surface area contributed by atoms with Crippen molar-refractivity contribution in [2.45, 2.75) is 0 Å². The number of hydrogen-bond donors (Lipinski definition) is 0. The highest BCUT2D eigenvalue weighted by Crippen LogP contribution is 2.35. The molecule has 1 aliphatic heterocycles. The normalized spacial score (nSPS) is 14.0. The number of rotatable bonds is 6. The monoisotopic (exact) mass is 461 g/mol. The Bertz CT molecular complexity index is 1100. The van der Waals surface area contributed by atoms with Crippen molar-refractivity contribution in [3.8, 4) is 34.3 Å². The summed E-state index contributed by atoms with van der Waals surface area (Å²) >= 11 is 0. The van der Waals surface area contributed by atoms with Gasteiger partial charge in [0, 0.05) is 43.4 Å². The van der Waals surface area contributed by atoms with Crippen LogP contribution in [0.25, 0.3) is 22.8 Å². The molecular weight excluding hydrogens is 438 g/mol. The van der Waals surface area contributed by atoms with Crippen molar-refractivity contribution in [1.29, 1.82) is 0 Å². The van der Waals surface area contributed by atoms with Crippen LogP contribution in [0.4, 0.5) is 11.4 Å². The third kappa shape index (κ3) is 4.61. The van der Waals surface area contributed by atoms with Crippen LogP contribution in [0.1, 0.15) is 0 Å². The van der Waals surface area contributed by atoms with Gasteiger partial charge in [0.15, 0.2) is 11.5 Å². The van der Waals surface area contributed by atoms with Gasteiger partial charge in [-0.15, -0.1) is 12.4 Å². The Kier molecular flexibility index (Phi) is 7.16. The second-order valence-electron chi connectivity index (χ2n) is 7.24. The molecule has 32 heavy (non-hydrogen) atoms. The van der Waals surface area contributed by atoms with Crippen molar-refractivity contribution in [1.82, 2.24) is 15.0 Å². The number of likely N-dealkylation sites (N-methyl/N-ethyl adjacent to an activating group) is 1. The van der Waals surface area contributed by atoms with E-state index in [0.29, 0.717) is 34.1 Å². The molecule has 0 amide bonds. The molecule has 1 saturated heterocycles. The number of aromatic nitrogens is 2. The fourth-order valence-electron chi connectivity index (χ4n) is 3.55. The van der Waals surface area contributed by atoms with Gasteiger partial charge < -0.3 is 23.8 Å². The number of piperazine rings is 1. The molecule has 170 valence electrons. The van der Waals surface area contributed by atoms with E-state index in [1.807, 2.05) is 11.9 Å². The molecule has 0 saturated carbocycles. The number of halogens is 1. The molecule has 1 fully saturated rings. The zero-order valence-electron chi connectivity index (χ0n) is 18.0. The van der Waals surface area contributed by atoms with Gasteiger partial charge in [-0.25, -0.2) is 0 Å². The van der Waals surface area contributed by atoms with Crippen molar-refractivity contribution >= 4 is 23.8 Å².